The largest absolute Gasteiger partial charge is 0.493 e. The van der Waals surface area contributed by atoms with E-state index in [0.717, 1.165) is 0 Å². The lowest BCUT2D eigenvalue weighted by Gasteiger charge is -2.15. The van der Waals surface area contributed by atoms with E-state index >= 15 is 0 Å². The number of rotatable bonds is 3. The van der Waals surface area contributed by atoms with Gasteiger partial charge in [-0.3, -0.25) is 0 Å². The molecule has 0 atom stereocenters. The average molecular weight is 220 g/mol. The molecule has 0 bridgehead atoms. The van der Waals surface area contributed by atoms with Crippen LogP contribution in [-0.4, -0.2) is 11.7 Å². The van der Waals surface area contributed by atoms with Crippen LogP contribution in [0.2, 0.25) is 0 Å². The van der Waals surface area contributed by atoms with E-state index in [1.54, 1.807) is 6.92 Å². The molecule has 0 spiro atoms. The Labute approximate surface area is 85.3 Å². The van der Waals surface area contributed by atoms with E-state index in [1.165, 1.54) is 18.2 Å². The van der Waals surface area contributed by atoms with Gasteiger partial charge in [-0.15, -0.1) is 0 Å². The molecule has 5 heteroatoms. The van der Waals surface area contributed by atoms with E-state index in [0.29, 0.717) is 0 Å². The summed E-state index contributed by atoms with van der Waals surface area (Å²) in [6.45, 7) is 1.10. The van der Waals surface area contributed by atoms with Gasteiger partial charge in [0.15, 0.2) is 0 Å². The predicted molar refractivity (Wildman–Crippen MR) is 48.5 cm³/mol. The maximum Gasteiger partial charge on any atom is 0.420 e. The number of hydrogen-bond donors (Lipinski definition) is 1. The van der Waals surface area contributed by atoms with Crippen LogP contribution in [0.3, 0.4) is 0 Å². The molecule has 0 aliphatic carbocycles. The highest BCUT2D eigenvalue weighted by Crippen LogP contribution is 2.38. The van der Waals surface area contributed by atoms with E-state index in [4.69, 9.17) is 9.84 Å². The third kappa shape index (κ3) is 2.62. The van der Waals surface area contributed by atoms with Crippen LogP contribution in [0.4, 0.5) is 13.2 Å². The minimum absolute atomic E-state index is 0.151. The normalized spacial score (nSPS) is 11.5. The van der Waals surface area contributed by atoms with Crippen molar-refractivity contribution in [1.82, 2.24) is 0 Å². The monoisotopic (exact) mass is 220 g/mol. The van der Waals surface area contributed by atoms with Crippen molar-refractivity contribution < 1.29 is 23.0 Å². The summed E-state index contributed by atoms with van der Waals surface area (Å²) in [6, 6.07) is 3.89. The fraction of sp³-hybridized carbons (Fsp3) is 0.400. The van der Waals surface area contributed by atoms with Crippen molar-refractivity contribution in [3.8, 4) is 5.75 Å². The number of aliphatic hydroxyl groups excluding tert-OH is 1. The van der Waals surface area contributed by atoms with Crippen molar-refractivity contribution in [2.75, 3.05) is 6.61 Å². The van der Waals surface area contributed by atoms with Crippen molar-refractivity contribution in [2.45, 2.75) is 19.7 Å². The maximum absolute atomic E-state index is 12.6. The molecule has 1 N–H and O–H groups in total. The highest BCUT2D eigenvalue weighted by Gasteiger charge is 2.36. The van der Waals surface area contributed by atoms with Gasteiger partial charge in [-0.25, -0.2) is 0 Å². The molecule has 1 aromatic rings. The Bertz CT molecular complexity index is 334. The van der Waals surface area contributed by atoms with Crippen LogP contribution in [0, 0.1) is 0 Å². The summed E-state index contributed by atoms with van der Waals surface area (Å²) in [6.07, 6.45) is -4.51. The van der Waals surface area contributed by atoms with Gasteiger partial charge in [0.05, 0.1) is 13.2 Å². The number of ether oxygens (including phenoxy) is 1. The molecule has 0 fully saturated rings. The van der Waals surface area contributed by atoms with Crippen molar-refractivity contribution >= 4 is 0 Å². The second kappa shape index (κ2) is 4.53. The lowest BCUT2D eigenvalue weighted by molar-refractivity contribution is -0.140. The minimum Gasteiger partial charge on any atom is -0.493 e. The van der Waals surface area contributed by atoms with Crippen LogP contribution < -0.4 is 4.74 Å². The SMILES string of the molecule is CCOc1cccc(CO)c1C(F)(F)F. The van der Waals surface area contributed by atoms with Crippen LogP contribution >= 0.6 is 0 Å². The number of hydrogen-bond acceptors (Lipinski definition) is 2. The van der Waals surface area contributed by atoms with Crippen molar-refractivity contribution in [2.24, 2.45) is 0 Å². The summed E-state index contributed by atoms with van der Waals surface area (Å²) >= 11 is 0. The zero-order valence-corrected chi connectivity index (χ0v) is 8.14. The van der Waals surface area contributed by atoms with Crippen molar-refractivity contribution in [3.63, 3.8) is 0 Å². The topological polar surface area (TPSA) is 29.5 Å². The summed E-state index contributed by atoms with van der Waals surface area (Å²) in [7, 11) is 0. The molecule has 0 aliphatic rings. The summed E-state index contributed by atoms with van der Waals surface area (Å²) in [4.78, 5) is 0. The Balaban J connectivity index is 3.27. The van der Waals surface area contributed by atoms with Crippen LogP contribution in [0.5, 0.6) is 5.75 Å². The third-order valence-corrected chi connectivity index (χ3v) is 1.87. The van der Waals surface area contributed by atoms with Gasteiger partial charge in [0.2, 0.25) is 0 Å². The van der Waals surface area contributed by atoms with Gasteiger partial charge in [-0.1, -0.05) is 12.1 Å². The second-order valence-corrected chi connectivity index (χ2v) is 2.88. The summed E-state index contributed by atoms with van der Waals surface area (Å²) in [5.41, 5.74) is -1.07. The quantitative estimate of drug-likeness (QED) is 0.848. The van der Waals surface area contributed by atoms with Gasteiger partial charge in [-0.05, 0) is 18.6 Å². The first-order chi connectivity index (χ1) is 7.00. The van der Waals surface area contributed by atoms with E-state index in [1.807, 2.05) is 0 Å². The Morgan fingerprint density at radius 2 is 2.00 bits per heavy atom. The first-order valence-corrected chi connectivity index (χ1v) is 4.43. The average Bonchev–Trinajstić information content (AvgIpc) is 2.16. The molecule has 0 heterocycles. The Morgan fingerprint density at radius 1 is 1.33 bits per heavy atom. The van der Waals surface area contributed by atoms with E-state index < -0.39 is 18.3 Å². The fourth-order valence-corrected chi connectivity index (χ4v) is 1.31. The molecule has 1 aromatic carbocycles. The smallest absolute Gasteiger partial charge is 0.420 e. The van der Waals surface area contributed by atoms with Gasteiger partial charge in [0.25, 0.3) is 0 Å². The molecule has 15 heavy (non-hydrogen) atoms. The molecule has 0 aliphatic heterocycles. The lowest BCUT2D eigenvalue weighted by atomic mass is 10.1. The molecule has 0 aromatic heterocycles. The van der Waals surface area contributed by atoms with Gasteiger partial charge in [-0.2, -0.15) is 13.2 Å². The molecule has 0 unspecified atom stereocenters. The first-order valence-electron chi connectivity index (χ1n) is 4.43. The van der Waals surface area contributed by atoms with Crippen LogP contribution in [0.25, 0.3) is 0 Å². The number of alkyl halides is 3. The van der Waals surface area contributed by atoms with Gasteiger partial charge < -0.3 is 9.84 Å². The summed E-state index contributed by atoms with van der Waals surface area (Å²) in [5, 5.41) is 8.82. The molecule has 84 valence electrons. The van der Waals surface area contributed by atoms with Gasteiger partial charge in [0.1, 0.15) is 11.3 Å². The zero-order chi connectivity index (χ0) is 11.5. The van der Waals surface area contributed by atoms with Crippen LogP contribution in [-0.2, 0) is 12.8 Å². The van der Waals surface area contributed by atoms with E-state index in [2.05, 4.69) is 0 Å². The zero-order valence-electron chi connectivity index (χ0n) is 8.14. The highest BCUT2D eigenvalue weighted by molar-refractivity contribution is 5.42. The summed E-state index contributed by atoms with van der Waals surface area (Å²) in [5.74, 6) is -0.239. The van der Waals surface area contributed by atoms with Gasteiger partial charge in [0, 0.05) is 0 Å². The molecular formula is C10H11F3O2. The van der Waals surface area contributed by atoms with Gasteiger partial charge >= 0.3 is 6.18 Å². The Hall–Kier alpha value is -1.23. The molecule has 0 radical (unpaired) electrons. The first kappa shape index (κ1) is 11.8. The van der Waals surface area contributed by atoms with Crippen LogP contribution in [0.1, 0.15) is 18.1 Å². The molecule has 0 saturated carbocycles. The standard InChI is InChI=1S/C10H11F3O2/c1-2-15-8-5-3-4-7(6-14)9(8)10(11,12)13/h3-5,14H,2,6H2,1H3. The number of benzene rings is 1. The maximum atomic E-state index is 12.6. The Morgan fingerprint density at radius 3 is 2.47 bits per heavy atom. The Kier molecular flexibility index (Phi) is 3.57. The molecule has 0 saturated heterocycles. The number of halogens is 3. The molecule has 0 amide bonds. The fourth-order valence-electron chi connectivity index (χ4n) is 1.31. The lowest BCUT2D eigenvalue weighted by Crippen LogP contribution is -2.12. The summed E-state index contributed by atoms with van der Waals surface area (Å²) < 4.78 is 42.8. The molecule has 2 nitrogen and oxygen atoms in total. The highest BCUT2D eigenvalue weighted by atomic mass is 19.4. The number of aliphatic hydroxyl groups is 1. The van der Waals surface area contributed by atoms with Crippen molar-refractivity contribution in [1.29, 1.82) is 0 Å². The van der Waals surface area contributed by atoms with E-state index in [-0.39, 0.29) is 17.9 Å². The molecule has 1 rings (SSSR count). The minimum atomic E-state index is -4.51. The van der Waals surface area contributed by atoms with Crippen molar-refractivity contribution in [3.05, 3.63) is 29.3 Å². The van der Waals surface area contributed by atoms with E-state index in [9.17, 15) is 13.2 Å². The predicted octanol–water partition coefficient (Wildman–Crippen LogP) is 2.60. The third-order valence-electron chi connectivity index (χ3n) is 1.87. The molecular weight excluding hydrogens is 209 g/mol. The second-order valence-electron chi connectivity index (χ2n) is 2.88. The van der Waals surface area contributed by atoms with Crippen LogP contribution in [0.15, 0.2) is 18.2 Å².